The van der Waals surface area contributed by atoms with Gasteiger partial charge in [-0.15, -0.1) is 0 Å². The van der Waals surface area contributed by atoms with Crippen molar-refractivity contribution in [1.29, 1.82) is 0 Å². The Labute approximate surface area is 269 Å². The molecule has 5 aromatic rings. The molecular formula is C29H16Cl2F3I2N3O2. The Morgan fingerprint density at radius 2 is 1.68 bits per heavy atom. The molecule has 0 radical (unpaired) electrons. The van der Waals surface area contributed by atoms with Gasteiger partial charge in [0.15, 0.2) is 5.82 Å². The third-order valence-corrected chi connectivity index (χ3v) is 8.12. The van der Waals surface area contributed by atoms with Gasteiger partial charge in [-0.05, 0) is 99.3 Å². The van der Waals surface area contributed by atoms with Crippen molar-refractivity contribution in [3.8, 4) is 17.1 Å². The van der Waals surface area contributed by atoms with Crippen molar-refractivity contribution < 1.29 is 17.9 Å². The number of nitrogens with zero attached hydrogens (tertiary/aromatic N) is 3. The number of alkyl halides is 3. The molecule has 0 atom stereocenters. The van der Waals surface area contributed by atoms with Gasteiger partial charge in [-0.25, -0.2) is 4.98 Å². The van der Waals surface area contributed by atoms with Gasteiger partial charge in [-0.2, -0.15) is 22.9 Å². The van der Waals surface area contributed by atoms with Crippen LogP contribution in [0.15, 0.2) is 88.8 Å². The number of ether oxygens (including phenoxy) is 1. The number of halogens is 7. The summed E-state index contributed by atoms with van der Waals surface area (Å²) in [5.74, 6) is 0.629. The summed E-state index contributed by atoms with van der Waals surface area (Å²) in [6.07, 6.45) is -3.10. The van der Waals surface area contributed by atoms with Crippen LogP contribution < -0.4 is 10.3 Å². The van der Waals surface area contributed by atoms with Crippen LogP contribution in [0.1, 0.15) is 16.7 Å². The number of hydrogen-bond donors (Lipinski definition) is 0. The second-order valence-corrected chi connectivity index (χ2v) is 11.9. The fourth-order valence-corrected chi connectivity index (χ4v) is 6.55. The Morgan fingerprint density at radius 3 is 2.39 bits per heavy atom. The van der Waals surface area contributed by atoms with Gasteiger partial charge < -0.3 is 4.74 Å². The minimum absolute atomic E-state index is 0.0137. The molecule has 12 heteroatoms. The third kappa shape index (κ3) is 6.71. The minimum atomic E-state index is -4.56. The summed E-state index contributed by atoms with van der Waals surface area (Å²) in [6.45, 7) is 0.230. The highest BCUT2D eigenvalue weighted by atomic mass is 127. The average Bonchev–Trinajstić information content (AvgIpc) is 2.92. The summed E-state index contributed by atoms with van der Waals surface area (Å²) >= 11 is 16.5. The molecule has 0 aliphatic heterocycles. The van der Waals surface area contributed by atoms with Crippen molar-refractivity contribution in [2.45, 2.75) is 12.8 Å². The molecule has 0 spiro atoms. The predicted octanol–water partition coefficient (Wildman–Crippen LogP) is 9.06. The molecule has 4 aromatic carbocycles. The second-order valence-electron chi connectivity index (χ2n) is 8.73. The van der Waals surface area contributed by atoms with Gasteiger partial charge >= 0.3 is 6.18 Å². The van der Waals surface area contributed by atoms with Gasteiger partial charge in [-0.3, -0.25) is 4.79 Å². The van der Waals surface area contributed by atoms with Crippen LogP contribution in [0.3, 0.4) is 0 Å². The predicted molar refractivity (Wildman–Crippen MR) is 172 cm³/mol. The molecule has 0 unspecified atom stereocenters. The first kappa shape index (κ1) is 29.8. The molecule has 0 aliphatic carbocycles. The lowest BCUT2D eigenvalue weighted by Crippen LogP contribution is -2.20. The molecule has 0 amide bonds. The molecule has 41 heavy (non-hydrogen) atoms. The third-order valence-electron chi connectivity index (χ3n) is 5.93. The van der Waals surface area contributed by atoms with Gasteiger partial charge in [0.25, 0.3) is 5.56 Å². The maximum absolute atomic E-state index is 13.4. The van der Waals surface area contributed by atoms with Crippen molar-refractivity contribution in [2.75, 3.05) is 0 Å². The van der Waals surface area contributed by atoms with E-state index in [4.69, 9.17) is 27.9 Å². The van der Waals surface area contributed by atoms with Crippen LogP contribution in [0.5, 0.6) is 5.75 Å². The standard InChI is InChI=1S/C29H16Cl2F3I2N3O2/c30-20-9-8-18(22(31)13-20)15-41-26-23(35)10-16(11-24(26)36)14-37-39-27(17-4-3-5-19(12-17)29(32,33)34)38-25-7-2-1-6-21(25)28(39)40/h1-14H,15H2. The number of benzene rings is 4. The maximum atomic E-state index is 13.4. The van der Waals surface area contributed by atoms with Crippen molar-refractivity contribution in [3.63, 3.8) is 0 Å². The van der Waals surface area contributed by atoms with E-state index in [9.17, 15) is 18.0 Å². The van der Waals surface area contributed by atoms with E-state index in [1.54, 1.807) is 42.5 Å². The van der Waals surface area contributed by atoms with Gasteiger partial charge in [0.05, 0.1) is 29.8 Å². The van der Waals surface area contributed by atoms with Gasteiger partial charge in [0.2, 0.25) is 0 Å². The minimum Gasteiger partial charge on any atom is -0.487 e. The molecule has 208 valence electrons. The van der Waals surface area contributed by atoms with Gasteiger partial charge in [0, 0.05) is 21.2 Å². The summed E-state index contributed by atoms with van der Waals surface area (Å²) in [5.41, 5.74) is 0.511. The van der Waals surface area contributed by atoms with E-state index in [1.807, 2.05) is 12.1 Å². The van der Waals surface area contributed by atoms with Gasteiger partial charge in [-0.1, -0.05) is 53.5 Å². The molecule has 0 fully saturated rings. The summed E-state index contributed by atoms with van der Waals surface area (Å²) in [7, 11) is 0. The monoisotopic (exact) mass is 819 g/mol. The lowest BCUT2D eigenvalue weighted by atomic mass is 10.1. The highest BCUT2D eigenvalue weighted by Gasteiger charge is 2.31. The Bertz CT molecular complexity index is 1850. The molecule has 5 nitrogen and oxygen atoms in total. The number of rotatable bonds is 6. The van der Waals surface area contributed by atoms with Gasteiger partial charge in [0.1, 0.15) is 12.4 Å². The normalized spacial score (nSPS) is 11.9. The summed E-state index contributed by atoms with van der Waals surface area (Å²) in [6, 6.07) is 20.1. The first-order valence-electron chi connectivity index (χ1n) is 11.8. The molecule has 1 heterocycles. The number of hydrogen-bond acceptors (Lipinski definition) is 4. The van der Waals surface area contributed by atoms with E-state index in [-0.39, 0.29) is 23.4 Å². The summed E-state index contributed by atoms with van der Waals surface area (Å²) in [4.78, 5) is 17.9. The Morgan fingerprint density at radius 1 is 0.951 bits per heavy atom. The molecule has 0 saturated carbocycles. The van der Waals surface area contributed by atoms with Crippen LogP contribution >= 0.6 is 68.4 Å². The zero-order valence-corrected chi connectivity index (χ0v) is 26.4. The molecular weight excluding hydrogens is 804 g/mol. The van der Waals surface area contributed by atoms with E-state index in [1.165, 1.54) is 18.3 Å². The first-order valence-corrected chi connectivity index (χ1v) is 14.7. The number of para-hydroxylation sites is 1. The lowest BCUT2D eigenvalue weighted by Gasteiger charge is -2.13. The van der Waals surface area contributed by atoms with Crippen LogP contribution in [-0.2, 0) is 12.8 Å². The highest BCUT2D eigenvalue weighted by molar-refractivity contribution is 14.1. The topological polar surface area (TPSA) is 56.5 Å². The van der Waals surface area contributed by atoms with Crippen LogP contribution in [0, 0.1) is 7.14 Å². The van der Waals surface area contributed by atoms with E-state index >= 15 is 0 Å². The van der Waals surface area contributed by atoms with E-state index < -0.39 is 17.3 Å². The average molecular weight is 820 g/mol. The fraction of sp³-hybridized carbons (Fsp3) is 0.0690. The lowest BCUT2D eigenvalue weighted by molar-refractivity contribution is -0.137. The molecule has 0 N–H and O–H groups in total. The highest BCUT2D eigenvalue weighted by Crippen LogP contribution is 2.33. The molecule has 1 aromatic heterocycles. The largest absolute Gasteiger partial charge is 0.487 e. The first-order chi connectivity index (χ1) is 19.5. The number of fused-ring (bicyclic) bond motifs is 1. The Kier molecular flexibility index (Phi) is 8.92. The van der Waals surface area contributed by atoms with Crippen LogP contribution in [-0.4, -0.2) is 15.9 Å². The smallest absolute Gasteiger partial charge is 0.416 e. The quantitative estimate of drug-likeness (QED) is 0.127. The van der Waals surface area contributed by atoms with E-state index in [2.05, 4.69) is 55.3 Å². The maximum Gasteiger partial charge on any atom is 0.416 e. The molecule has 5 rings (SSSR count). The Balaban J connectivity index is 1.52. The Hall–Kier alpha value is -2.68. The molecule has 0 saturated heterocycles. The van der Waals surface area contributed by atoms with Crippen LogP contribution in [0.2, 0.25) is 10.0 Å². The van der Waals surface area contributed by atoms with Crippen molar-refractivity contribution in [2.24, 2.45) is 5.10 Å². The van der Waals surface area contributed by atoms with E-state index in [0.717, 1.165) is 29.5 Å². The number of aromatic nitrogens is 2. The molecule has 0 aliphatic rings. The van der Waals surface area contributed by atoms with Crippen molar-refractivity contribution >= 4 is 85.5 Å². The summed E-state index contributed by atoms with van der Waals surface area (Å²) < 4.78 is 48.9. The van der Waals surface area contributed by atoms with Crippen molar-refractivity contribution in [1.82, 2.24) is 9.66 Å². The summed E-state index contributed by atoms with van der Waals surface area (Å²) in [5, 5.41) is 5.69. The fourth-order valence-electron chi connectivity index (χ4n) is 3.96. The zero-order chi connectivity index (χ0) is 29.3. The SMILES string of the molecule is O=c1c2ccccc2nc(-c2cccc(C(F)(F)F)c2)n1N=Cc1cc(I)c(OCc2ccc(Cl)cc2Cl)c(I)c1. The van der Waals surface area contributed by atoms with Crippen LogP contribution in [0.25, 0.3) is 22.3 Å². The second kappa shape index (κ2) is 12.3. The molecule has 0 bridgehead atoms. The zero-order valence-electron chi connectivity index (χ0n) is 20.6. The van der Waals surface area contributed by atoms with E-state index in [0.29, 0.717) is 26.9 Å². The van der Waals surface area contributed by atoms with Crippen molar-refractivity contribution in [3.05, 3.63) is 123 Å². The van der Waals surface area contributed by atoms with Crippen LogP contribution in [0.4, 0.5) is 13.2 Å².